The second-order valence-electron chi connectivity index (χ2n) is 6.66. The lowest BCUT2D eigenvalue weighted by molar-refractivity contribution is 0.397. The SMILES string of the molecule is C1=C[C@@]2(c3ccccc3)[C@H]3CCP2[C@@]1(c1ccccc1)C3. The molecular weight excluding hydrogens is 271 g/mol. The third kappa shape index (κ3) is 1.35. The van der Waals surface area contributed by atoms with E-state index in [9.17, 15) is 0 Å². The van der Waals surface area contributed by atoms with Gasteiger partial charge in [0, 0.05) is 10.3 Å². The Labute approximate surface area is 127 Å². The van der Waals surface area contributed by atoms with E-state index in [-0.39, 0.29) is 7.92 Å². The maximum Gasteiger partial charge on any atom is 0.0372 e. The molecule has 4 bridgehead atoms. The number of hydrogen-bond acceptors (Lipinski definition) is 0. The van der Waals surface area contributed by atoms with Crippen molar-refractivity contribution in [2.45, 2.75) is 23.2 Å². The highest BCUT2D eigenvalue weighted by Gasteiger charge is 2.67. The molecule has 0 radical (unpaired) electrons. The number of hydrogen-bond donors (Lipinski definition) is 0. The van der Waals surface area contributed by atoms with E-state index in [2.05, 4.69) is 72.8 Å². The van der Waals surface area contributed by atoms with Gasteiger partial charge in [0.2, 0.25) is 0 Å². The first kappa shape index (κ1) is 12.2. The van der Waals surface area contributed by atoms with Crippen LogP contribution >= 0.6 is 7.92 Å². The fraction of sp³-hybridized carbons (Fsp3) is 0.300. The van der Waals surface area contributed by atoms with Gasteiger partial charge in [0.15, 0.2) is 0 Å². The summed E-state index contributed by atoms with van der Waals surface area (Å²) in [5, 5.41) is 0.752. The van der Waals surface area contributed by atoms with Crippen LogP contribution in [0.2, 0.25) is 0 Å². The molecule has 0 nitrogen and oxygen atoms in total. The average Bonchev–Trinajstić information content (AvgIpc) is 3.19. The highest BCUT2D eigenvalue weighted by Crippen LogP contribution is 2.87. The second kappa shape index (κ2) is 4.08. The molecular formula is C20H19P. The fourth-order valence-electron chi connectivity index (χ4n) is 5.12. The Morgan fingerprint density at radius 1 is 0.810 bits per heavy atom. The highest BCUT2D eigenvalue weighted by atomic mass is 31.1. The quantitative estimate of drug-likeness (QED) is 0.523. The van der Waals surface area contributed by atoms with Crippen molar-refractivity contribution in [1.29, 1.82) is 0 Å². The van der Waals surface area contributed by atoms with Gasteiger partial charge in [0.05, 0.1) is 0 Å². The molecule has 3 aliphatic rings. The van der Waals surface area contributed by atoms with Crippen LogP contribution in [0.5, 0.6) is 0 Å². The third-order valence-corrected chi connectivity index (χ3v) is 9.86. The van der Waals surface area contributed by atoms with Gasteiger partial charge < -0.3 is 0 Å². The Morgan fingerprint density at radius 3 is 2.19 bits per heavy atom. The van der Waals surface area contributed by atoms with Gasteiger partial charge in [-0.2, -0.15) is 0 Å². The smallest absolute Gasteiger partial charge is 0.0372 e. The molecule has 4 atom stereocenters. The van der Waals surface area contributed by atoms with E-state index < -0.39 is 0 Å². The lowest BCUT2D eigenvalue weighted by Gasteiger charge is -2.34. The Bertz CT molecular complexity index is 705. The van der Waals surface area contributed by atoms with E-state index in [0.29, 0.717) is 10.3 Å². The minimum atomic E-state index is -0.0123. The van der Waals surface area contributed by atoms with Crippen molar-refractivity contribution in [3.05, 3.63) is 83.9 Å². The van der Waals surface area contributed by atoms with Gasteiger partial charge in [-0.25, -0.2) is 0 Å². The maximum atomic E-state index is 2.60. The molecule has 0 aliphatic carbocycles. The number of benzene rings is 2. The lowest BCUT2D eigenvalue weighted by Crippen LogP contribution is -2.25. The summed E-state index contributed by atoms with van der Waals surface area (Å²) >= 11 is 0. The molecule has 2 aromatic rings. The van der Waals surface area contributed by atoms with Crippen molar-refractivity contribution in [2.24, 2.45) is 5.92 Å². The molecule has 2 saturated heterocycles. The van der Waals surface area contributed by atoms with Crippen molar-refractivity contribution in [3.8, 4) is 0 Å². The van der Waals surface area contributed by atoms with Gasteiger partial charge in [-0.05, 0) is 36.0 Å². The molecule has 0 amide bonds. The summed E-state index contributed by atoms with van der Waals surface area (Å²) in [6, 6.07) is 22.6. The van der Waals surface area contributed by atoms with Crippen LogP contribution in [0.25, 0.3) is 0 Å². The van der Waals surface area contributed by atoms with Gasteiger partial charge in [-0.15, -0.1) is 0 Å². The van der Waals surface area contributed by atoms with Crippen molar-refractivity contribution >= 4 is 7.92 Å². The lowest BCUT2D eigenvalue weighted by atomic mass is 9.73. The van der Waals surface area contributed by atoms with Crippen LogP contribution in [0.15, 0.2) is 72.8 Å². The summed E-state index contributed by atoms with van der Waals surface area (Å²) in [5.74, 6) is 0.858. The molecule has 3 aliphatic heterocycles. The van der Waals surface area contributed by atoms with E-state index in [1.54, 1.807) is 11.1 Å². The highest BCUT2D eigenvalue weighted by molar-refractivity contribution is 7.61. The summed E-state index contributed by atoms with van der Waals surface area (Å²) < 4.78 is 0. The van der Waals surface area contributed by atoms with Gasteiger partial charge >= 0.3 is 0 Å². The molecule has 0 saturated carbocycles. The molecule has 1 heteroatoms. The third-order valence-electron chi connectivity index (χ3n) is 5.93. The molecule has 0 spiro atoms. The van der Waals surface area contributed by atoms with Crippen LogP contribution in [0, 0.1) is 5.92 Å². The summed E-state index contributed by atoms with van der Waals surface area (Å²) in [4.78, 5) is 0. The minimum absolute atomic E-state index is 0.0123. The van der Waals surface area contributed by atoms with Gasteiger partial charge in [-0.1, -0.05) is 80.7 Å². The van der Waals surface area contributed by atoms with Gasteiger partial charge in [0.25, 0.3) is 0 Å². The summed E-state index contributed by atoms with van der Waals surface area (Å²) in [6.07, 6.45) is 9.42. The molecule has 0 aromatic heterocycles. The topological polar surface area (TPSA) is 0 Å². The fourth-order valence-corrected chi connectivity index (χ4v) is 9.65. The molecule has 5 rings (SSSR count). The van der Waals surface area contributed by atoms with Crippen LogP contribution in [-0.4, -0.2) is 6.16 Å². The van der Waals surface area contributed by atoms with Gasteiger partial charge in [-0.3, -0.25) is 0 Å². The molecule has 0 N–H and O–H groups in total. The van der Waals surface area contributed by atoms with Gasteiger partial charge in [0.1, 0.15) is 0 Å². The number of rotatable bonds is 2. The Balaban J connectivity index is 1.69. The zero-order chi connectivity index (χ0) is 13.9. The first-order valence-electron chi connectivity index (χ1n) is 7.95. The van der Waals surface area contributed by atoms with E-state index in [4.69, 9.17) is 0 Å². The summed E-state index contributed by atoms with van der Waals surface area (Å²) in [6.45, 7) is 0. The normalized spacial score (nSPS) is 39.0. The number of allylic oxidation sites excluding steroid dienone is 2. The molecule has 2 fully saturated rings. The van der Waals surface area contributed by atoms with Crippen molar-refractivity contribution < 1.29 is 0 Å². The van der Waals surface area contributed by atoms with Crippen LogP contribution in [0.3, 0.4) is 0 Å². The van der Waals surface area contributed by atoms with Crippen molar-refractivity contribution in [2.75, 3.05) is 6.16 Å². The maximum absolute atomic E-state index is 2.60. The summed E-state index contributed by atoms with van der Waals surface area (Å²) in [7, 11) is -0.0123. The first-order valence-corrected chi connectivity index (χ1v) is 9.48. The Hall–Kier alpha value is -1.39. The predicted octanol–water partition coefficient (Wildman–Crippen LogP) is 5.25. The van der Waals surface area contributed by atoms with E-state index in [1.165, 1.54) is 19.0 Å². The second-order valence-corrected chi connectivity index (χ2v) is 9.50. The zero-order valence-corrected chi connectivity index (χ0v) is 13.0. The molecule has 21 heavy (non-hydrogen) atoms. The summed E-state index contributed by atoms with van der Waals surface area (Å²) in [5.41, 5.74) is 3.14. The Kier molecular flexibility index (Phi) is 2.37. The molecule has 104 valence electrons. The van der Waals surface area contributed by atoms with Crippen molar-refractivity contribution in [3.63, 3.8) is 0 Å². The minimum Gasteiger partial charge on any atom is -0.0765 e. The van der Waals surface area contributed by atoms with Crippen LogP contribution < -0.4 is 0 Å². The Morgan fingerprint density at radius 2 is 1.48 bits per heavy atom. The average molecular weight is 290 g/mol. The van der Waals surface area contributed by atoms with E-state index >= 15 is 0 Å². The molecule has 3 heterocycles. The van der Waals surface area contributed by atoms with Crippen LogP contribution in [-0.2, 0) is 10.3 Å². The van der Waals surface area contributed by atoms with E-state index in [1.807, 2.05) is 0 Å². The standard InChI is InChI=1S/C20H19P/c1-3-7-16(8-4-1)19-12-13-20(17-9-5-2-6-10-17)18(15-19)11-14-21(19)20/h1-10,12-13,18H,11,14-15H2/t18-,19+,20+,21?/m0/s1. The van der Waals surface area contributed by atoms with Crippen molar-refractivity contribution in [1.82, 2.24) is 0 Å². The van der Waals surface area contributed by atoms with Crippen LogP contribution in [0.1, 0.15) is 24.0 Å². The monoisotopic (exact) mass is 290 g/mol. The largest absolute Gasteiger partial charge is 0.0765 e. The zero-order valence-electron chi connectivity index (χ0n) is 12.1. The molecule has 1 unspecified atom stereocenters. The first-order chi connectivity index (χ1) is 10.4. The van der Waals surface area contributed by atoms with Crippen LogP contribution in [0.4, 0.5) is 0 Å². The molecule has 2 aromatic carbocycles. The van der Waals surface area contributed by atoms with E-state index in [0.717, 1.165) is 5.92 Å². The predicted molar refractivity (Wildman–Crippen MR) is 89.9 cm³/mol.